The summed E-state index contributed by atoms with van der Waals surface area (Å²) in [6.07, 6.45) is 5.87. The molecular weight excluding hydrogens is 582 g/mol. The van der Waals surface area contributed by atoms with Crippen LogP contribution in [0.25, 0.3) is 10.8 Å². The number of hydrogen-bond donors (Lipinski definition) is 4. The Labute approximate surface area is 271 Å². The van der Waals surface area contributed by atoms with E-state index >= 15 is 0 Å². The normalized spacial score (nSPS) is 13.4. The van der Waals surface area contributed by atoms with Crippen LogP contribution in [0.2, 0.25) is 0 Å². The van der Waals surface area contributed by atoms with E-state index in [1.165, 1.54) is 6.08 Å². The Kier molecular flexibility index (Phi) is 14.7. The monoisotopic (exact) mass is 627 g/mol. The molecule has 0 aromatic heterocycles. The van der Waals surface area contributed by atoms with Gasteiger partial charge in [-0.2, -0.15) is 0 Å². The number of rotatable bonds is 19. The van der Waals surface area contributed by atoms with Gasteiger partial charge in [0.1, 0.15) is 12.6 Å². The Morgan fingerprint density at radius 3 is 2.28 bits per heavy atom. The summed E-state index contributed by atoms with van der Waals surface area (Å²) in [6, 6.07) is 21.1. The molecule has 0 saturated heterocycles. The molecule has 4 N–H and O–H groups in total. The number of nitrogens with one attached hydrogen (secondary N) is 3. The maximum atomic E-state index is 13.6. The quantitative estimate of drug-likeness (QED) is 0.0830. The zero-order valence-electron chi connectivity index (χ0n) is 26.5. The van der Waals surface area contributed by atoms with Gasteiger partial charge in [0.15, 0.2) is 0 Å². The predicted octanol–water partition coefficient (Wildman–Crippen LogP) is 5.10. The molecule has 0 fully saturated rings. The molecule has 3 aromatic rings. The lowest BCUT2D eigenvalue weighted by atomic mass is 9.94. The zero-order valence-corrected chi connectivity index (χ0v) is 26.5. The topological polar surface area (TPSA) is 134 Å². The van der Waals surface area contributed by atoms with E-state index in [0.717, 1.165) is 29.2 Å². The molecule has 9 heteroatoms. The van der Waals surface area contributed by atoms with Crippen LogP contribution in [-0.4, -0.2) is 54.1 Å². The number of allylic oxidation sites excluding steroid dienone is 2. The SMILES string of the molecule is C=CCCCC(Cc1ccccc1)C(=O)OCC(NC(=O)C(CC=C)CC(=O)NC(C)CO)C(=O)Nc1ccc2ccccc2c1. The number of hydrogen-bond acceptors (Lipinski definition) is 6. The molecule has 46 heavy (non-hydrogen) atoms. The first-order chi connectivity index (χ1) is 22.2. The van der Waals surface area contributed by atoms with Gasteiger partial charge in [0.25, 0.3) is 5.91 Å². The van der Waals surface area contributed by atoms with Crippen molar-refractivity contribution in [3.8, 4) is 0 Å². The van der Waals surface area contributed by atoms with Crippen molar-refractivity contribution in [2.45, 2.75) is 57.5 Å². The number of fused-ring (bicyclic) bond motifs is 1. The number of benzene rings is 3. The second kappa shape index (κ2) is 18.9. The van der Waals surface area contributed by atoms with Crippen LogP contribution >= 0.6 is 0 Å². The van der Waals surface area contributed by atoms with Crippen LogP contribution in [0.1, 0.15) is 44.6 Å². The third-order valence-corrected chi connectivity index (χ3v) is 7.60. The summed E-state index contributed by atoms with van der Waals surface area (Å²) in [5.74, 6) is -3.31. The van der Waals surface area contributed by atoms with Gasteiger partial charge in [-0.3, -0.25) is 19.2 Å². The van der Waals surface area contributed by atoms with Crippen molar-refractivity contribution in [3.63, 3.8) is 0 Å². The zero-order chi connectivity index (χ0) is 33.3. The molecule has 3 aromatic carbocycles. The average Bonchev–Trinajstić information content (AvgIpc) is 3.06. The fourth-order valence-electron chi connectivity index (χ4n) is 5.05. The number of ether oxygens (including phenoxy) is 1. The molecule has 4 unspecified atom stereocenters. The van der Waals surface area contributed by atoms with Crippen LogP contribution in [0.3, 0.4) is 0 Å². The standard InChI is InChI=1S/C37H45N3O6/c1-4-6-8-18-31(21-27-14-9-7-10-15-27)37(45)46-25-33(36(44)39-32-20-19-28-16-11-12-17-29(28)22-32)40-35(43)30(13-5-2)23-34(42)38-26(3)24-41/h4-5,7,9-12,14-17,19-20,22,26,30-31,33,41H,1-2,6,8,13,18,21,23-25H2,3H3,(H,38,42)(H,39,44)(H,40,43). The number of carbonyl (C=O) groups is 4. The number of unbranched alkanes of at least 4 members (excludes halogenated alkanes) is 1. The number of anilines is 1. The number of aliphatic hydroxyl groups excluding tert-OH is 1. The highest BCUT2D eigenvalue weighted by Gasteiger charge is 2.29. The van der Waals surface area contributed by atoms with Crippen molar-refractivity contribution in [3.05, 3.63) is 104 Å². The van der Waals surface area contributed by atoms with E-state index in [-0.39, 0.29) is 19.4 Å². The molecule has 0 aliphatic rings. The fourth-order valence-corrected chi connectivity index (χ4v) is 5.05. The predicted molar refractivity (Wildman–Crippen MR) is 181 cm³/mol. The highest BCUT2D eigenvalue weighted by atomic mass is 16.5. The Balaban J connectivity index is 1.79. The highest BCUT2D eigenvalue weighted by molar-refractivity contribution is 5.99. The molecule has 0 bridgehead atoms. The van der Waals surface area contributed by atoms with Crippen molar-refractivity contribution in [2.24, 2.45) is 11.8 Å². The summed E-state index contributed by atoms with van der Waals surface area (Å²) >= 11 is 0. The molecule has 0 radical (unpaired) electrons. The molecule has 0 heterocycles. The van der Waals surface area contributed by atoms with Crippen LogP contribution in [0.15, 0.2) is 98.1 Å². The number of esters is 1. The molecule has 9 nitrogen and oxygen atoms in total. The molecule has 0 aliphatic carbocycles. The Hall–Kier alpha value is -4.76. The van der Waals surface area contributed by atoms with Gasteiger partial charge < -0.3 is 25.8 Å². The summed E-state index contributed by atoms with van der Waals surface area (Å²) in [5.41, 5.74) is 1.50. The van der Waals surface area contributed by atoms with Crippen molar-refractivity contribution < 1.29 is 29.0 Å². The first-order valence-corrected chi connectivity index (χ1v) is 15.7. The lowest BCUT2D eigenvalue weighted by Crippen LogP contribution is -2.50. The highest BCUT2D eigenvalue weighted by Crippen LogP contribution is 2.20. The van der Waals surface area contributed by atoms with E-state index in [9.17, 15) is 24.3 Å². The Bertz CT molecular complexity index is 1470. The van der Waals surface area contributed by atoms with Crippen molar-refractivity contribution in [1.82, 2.24) is 10.6 Å². The molecule has 3 amide bonds. The van der Waals surface area contributed by atoms with E-state index in [4.69, 9.17) is 4.74 Å². The fraction of sp³-hybridized carbons (Fsp3) is 0.351. The number of carbonyl (C=O) groups excluding carboxylic acids is 4. The maximum Gasteiger partial charge on any atom is 0.309 e. The average molecular weight is 628 g/mol. The van der Waals surface area contributed by atoms with Gasteiger partial charge in [-0.15, -0.1) is 13.2 Å². The van der Waals surface area contributed by atoms with Gasteiger partial charge in [0, 0.05) is 18.2 Å². The molecule has 3 rings (SSSR count). The Morgan fingerprint density at radius 1 is 0.870 bits per heavy atom. The van der Waals surface area contributed by atoms with Gasteiger partial charge >= 0.3 is 5.97 Å². The van der Waals surface area contributed by atoms with E-state index in [1.54, 1.807) is 19.1 Å². The van der Waals surface area contributed by atoms with Crippen molar-refractivity contribution in [2.75, 3.05) is 18.5 Å². The largest absolute Gasteiger partial charge is 0.463 e. The van der Waals surface area contributed by atoms with Gasteiger partial charge in [0.2, 0.25) is 11.8 Å². The second-order valence-corrected chi connectivity index (χ2v) is 11.4. The minimum Gasteiger partial charge on any atom is -0.463 e. The first kappa shape index (κ1) is 35.7. The van der Waals surface area contributed by atoms with Gasteiger partial charge in [-0.05, 0) is 67.5 Å². The molecular formula is C37H45N3O6. The van der Waals surface area contributed by atoms with E-state index < -0.39 is 54.2 Å². The second-order valence-electron chi connectivity index (χ2n) is 11.4. The summed E-state index contributed by atoms with van der Waals surface area (Å²) in [6.45, 7) is 8.46. The van der Waals surface area contributed by atoms with Gasteiger partial charge in [-0.1, -0.05) is 72.8 Å². The van der Waals surface area contributed by atoms with Crippen LogP contribution in [0, 0.1) is 11.8 Å². The third kappa shape index (κ3) is 11.6. The van der Waals surface area contributed by atoms with Crippen LogP contribution < -0.4 is 16.0 Å². The van der Waals surface area contributed by atoms with Crippen LogP contribution in [0.5, 0.6) is 0 Å². The number of amides is 3. The van der Waals surface area contributed by atoms with Gasteiger partial charge in [-0.25, -0.2) is 0 Å². The molecule has 0 spiro atoms. The Morgan fingerprint density at radius 2 is 1.59 bits per heavy atom. The summed E-state index contributed by atoms with van der Waals surface area (Å²) in [5, 5.41) is 19.4. The van der Waals surface area contributed by atoms with Crippen LogP contribution in [0.4, 0.5) is 5.69 Å². The smallest absolute Gasteiger partial charge is 0.309 e. The molecule has 4 atom stereocenters. The summed E-state index contributed by atoms with van der Waals surface area (Å²) in [7, 11) is 0. The molecule has 0 aliphatic heterocycles. The molecule has 0 saturated carbocycles. The molecule has 244 valence electrons. The van der Waals surface area contributed by atoms with Crippen molar-refractivity contribution in [1.29, 1.82) is 0 Å². The van der Waals surface area contributed by atoms with Crippen LogP contribution in [-0.2, 0) is 30.3 Å². The summed E-state index contributed by atoms with van der Waals surface area (Å²) < 4.78 is 5.72. The minimum absolute atomic E-state index is 0.175. The van der Waals surface area contributed by atoms with E-state index in [1.807, 2.05) is 66.7 Å². The number of aliphatic hydroxyl groups is 1. The lowest BCUT2D eigenvalue weighted by molar-refractivity contribution is -0.151. The van der Waals surface area contributed by atoms with Crippen molar-refractivity contribution >= 4 is 40.2 Å². The van der Waals surface area contributed by atoms with E-state index in [0.29, 0.717) is 18.5 Å². The lowest BCUT2D eigenvalue weighted by Gasteiger charge is -2.23. The van der Waals surface area contributed by atoms with Gasteiger partial charge in [0.05, 0.1) is 18.4 Å². The maximum absolute atomic E-state index is 13.6. The van der Waals surface area contributed by atoms with E-state index in [2.05, 4.69) is 29.1 Å². The minimum atomic E-state index is -1.24. The first-order valence-electron chi connectivity index (χ1n) is 15.7. The summed E-state index contributed by atoms with van der Waals surface area (Å²) in [4.78, 5) is 53.0. The third-order valence-electron chi connectivity index (χ3n) is 7.60.